The quantitative estimate of drug-likeness (QED) is 0.422. The van der Waals surface area contributed by atoms with Crippen molar-refractivity contribution in [2.75, 3.05) is 0 Å². The highest BCUT2D eigenvalue weighted by Gasteiger charge is 1.17. The van der Waals surface area contributed by atoms with E-state index in [1.807, 2.05) is 0 Å². The van der Waals surface area contributed by atoms with Gasteiger partial charge in [0.15, 0.2) is 0 Å². The van der Waals surface area contributed by atoms with Crippen LogP contribution < -0.4 is 0 Å². The second-order valence-corrected chi connectivity index (χ2v) is 0.224. The van der Waals surface area contributed by atoms with Crippen molar-refractivity contribution in [1.82, 2.24) is 0 Å². The van der Waals surface area contributed by atoms with Crippen molar-refractivity contribution in [3.05, 3.63) is 6.92 Å². The lowest BCUT2D eigenvalue weighted by Gasteiger charge is -1.15. The molecule has 0 saturated carbocycles. The van der Waals surface area contributed by atoms with Crippen LogP contribution in [-0.4, -0.2) is 0 Å². The lowest BCUT2D eigenvalue weighted by molar-refractivity contribution is 1.49. The van der Waals surface area contributed by atoms with Gasteiger partial charge in [-0.05, 0) is 0 Å². The van der Waals surface area contributed by atoms with Crippen LogP contribution in [0.4, 0.5) is 0 Å². The van der Waals surface area contributed by atoms with Crippen molar-refractivity contribution >= 4 is 0 Å². The first-order valence-electron chi connectivity index (χ1n) is 1.43. The van der Waals surface area contributed by atoms with Gasteiger partial charge in [-0.25, -0.2) is 0 Å². The third-order valence-corrected chi connectivity index (χ3v) is 0. The zero-order chi connectivity index (χ0) is 4.71. The number of nitrogens with zero attached hydrogens (tertiary/aromatic N) is 1. The highest BCUT2D eigenvalue weighted by Crippen LogP contribution is 1.21. The summed E-state index contributed by atoms with van der Waals surface area (Å²) >= 11 is 0. The minimum atomic E-state index is 1.43. The second kappa shape index (κ2) is 90.1. The van der Waals surface area contributed by atoms with Gasteiger partial charge in [0.05, 0.1) is 6.07 Å². The molecule has 0 aliphatic rings. The summed E-state index contributed by atoms with van der Waals surface area (Å²) in [5.41, 5.74) is 0. The van der Waals surface area contributed by atoms with Gasteiger partial charge in [0.1, 0.15) is 0 Å². The SMILES string of the molecule is CC#N.[CH2]C. The van der Waals surface area contributed by atoms with Crippen LogP contribution in [-0.2, 0) is 0 Å². The minimum Gasteiger partial charge on any atom is -0.199 e. The Labute approximate surface area is 33.2 Å². The summed E-state index contributed by atoms with van der Waals surface area (Å²) < 4.78 is 0. The molecule has 0 heterocycles. The van der Waals surface area contributed by atoms with Crippen molar-refractivity contribution in [2.45, 2.75) is 13.8 Å². The third-order valence-electron chi connectivity index (χ3n) is 0. The van der Waals surface area contributed by atoms with Crippen LogP contribution in [0.15, 0.2) is 0 Å². The molecular formula is C4H8N. The van der Waals surface area contributed by atoms with Crippen molar-refractivity contribution in [2.24, 2.45) is 0 Å². The fourth-order valence-corrected chi connectivity index (χ4v) is 0. The van der Waals surface area contributed by atoms with Crippen LogP contribution in [0.2, 0.25) is 0 Å². The second-order valence-electron chi connectivity index (χ2n) is 0.224. The number of hydrogen-bond donors (Lipinski definition) is 0. The molecule has 1 radical (unpaired) electrons. The Balaban J connectivity index is 0. The van der Waals surface area contributed by atoms with E-state index in [4.69, 9.17) is 5.26 Å². The van der Waals surface area contributed by atoms with E-state index in [1.54, 1.807) is 13.0 Å². The fraction of sp³-hybridized carbons (Fsp3) is 0.500. The van der Waals surface area contributed by atoms with E-state index < -0.39 is 0 Å². The van der Waals surface area contributed by atoms with Crippen LogP contribution in [0.25, 0.3) is 0 Å². The Bertz CT molecular complexity index is 25.1. The number of rotatable bonds is 0. The summed E-state index contributed by atoms with van der Waals surface area (Å²) in [5.74, 6) is 0. The Morgan fingerprint density at radius 2 is 1.60 bits per heavy atom. The van der Waals surface area contributed by atoms with Gasteiger partial charge in [-0.15, -0.1) is 0 Å². The predicted octanol–water partition coefficient (Wildman–Crippen LogP) is 1.37. The third kappa shape index (κ3) is 29.8. The molecule has 0 rings (SSSR count). The smallest absolute Gasteiger partial charge is 0.0587 e. The van der Waals surface area contributed by atoms with Crippen molar-refractivity contribution in [3.8, 4) is 6.07 Å². The molecule has 0 saturated heterocycles. The summed E-state index contributed by atoms with van der Waals surface area (Å²) in [6.07, 6.45) is 0. The standard InChI is InChI=1S/C2H3N.C2H5/c1-2-3;1-2/h1H3;1H2,2H3. The molecule has 0 aromatic rings. The molecule has 0 spiro atoms. The Hall–Kier alpha value is -0.510. The maximum absolute atomic E-state index is 7.32. The van der Waals surface area contributed by atoms with Crippen LogP contribution >= 0.6 is 0 Å². The molecule has 29 valence electrons. The van der Waals surface area contributed by atoms with E-state index in [-0.39, 0.29) is 0 Å². The molecule has 0 fully saturated rings. The molecule has 5 heavy (non-hydrogen) atoms. The number of nitriles is 1. The Kier molecular flexibility index (Phi) is 159. The molecule has 0 aromatic carbocycles. The molecule has 0 unspecified atom stereocenters. The Morgan fingerprint density at radius 1 is 1.60 bits per heavy atom. The maximum Gasteiger partial charge on any atom is 0.0587 e. The van der Waals surface area contributed by atoms with Gasteiger partial charge in [0, 0.05) is 6.92 Å². The van der Waals surface area contributed by atoms with E-state index in [1.165, 1.54) is 6.92 Å². The first-order valence-corrected chi connectivity index (χ1v) is 1.43. The zero-order valence-corrected chi connectivity index (χ0v) is 3.65. The highest BCUT2D eigenvalue weighted by molar-refractivity contribution is 4.51. The lowest BCUT2D eigenvalue weighted by Crippen LogP contribution is -1.10. The molecular weight excluding hydrogens is 62.1 g/mol. The van der Waals surface area contributed by atoms with Crippen LogP contribution in [0, 0.1) is 18.3 Å². The molecule has 0 aromatic heterocycles. The van der Waals surface area contributed by atoms with Crippen LogP contribution in [0.1, 0.15) is 13.8 Å². The van der Waals surface area contributed by atoms with Gasteiger partial charge >= 0.3 is 0 Å². The van der Waals surface area contributed by atoms with Gasteiger partial charge in [-0.3, -0.25) is 0 Å². The summed E-state index contributed by atoms with van der Waals surface area (Å²) in [5, 5.41) is 7.32. The molecule has 0 amide bonds. The minimum absolute atomic E-state index is 1.43. The van der Waals surface area contributed by atoms with E-state index >= 15 is 0 Å². The molecule has 1 nitrogen and oxygen atoms in total. The molecule has 0 N–H and O–H groups in total. The monoisotopic (exact) mass is 70.1 g/mol. The van der Waals surface area contributed by atoms with Gasteiger partial charge in [0.2, 0.25) is 0 Å². The normalized spacial score (nSPS) is 2.80. The average molecular weight is 70.1 g/mol. The molecule has 0 aliphatic carbocycles. The maximum atomic E-state index is 7.32. The van der Waals surface area contributed by atoms with E-state index in [0.29, 0.717) is 0 Å². The molecule has 0 atom stereocenters. The molecule has 0 bridgehead atoms. The topological polar surface area (TPSA) is 23.8 Å². The first kappa shape index (κ1) is 8.82. The van der Waals surface area contributed by atoms with Gasteiger partial charge in [-0.2, -0.15) is 5.26 Å². The van der Waals surface area contributed by atoms with Crippen molar-refractivity contribution in [3.63, 3.8) is 0 Å². The Morgan fingerprint density at radius 3 is 1.60 bits per heavy atom. The summed E-state index contributed by atoms with van der Waals surface area (Å²) in [6, 6.07) is 1.75. The largest absolute Gasteiger partial charge is 0.199 e. The summed E-state index contributed by atoms with van der Waals surface area (Å²) in [6.45, 7) is 6.43. The summed E-state index contributed by atoms with van der Waals surface area (Å²) in [4.78, 5) is 0. The van der Waals surface area contributed by atoms with Gasteiger partial charge in [-0.1, -0.05) is 13.8 Å². The lowest BCUT2D eigenvalue weighted by atomic mass is 11.0. The van der Waals surface area contributed by atoms with Crippen LogP contribution in [0.5, 0.6) is 0 Å². The predicted molar refractivity (Wildman–Crippen MR) is 22.3 cm³/mol. The average Bonchev–Trinajstić information content (AvgIpc) is 1.46. The molecule has 0 aliphatic heterocycles. The zero-order valence-electron chi connectivity index (χ0n) is 3.65. The van der Waals surface area contributed by atoms with E-state index in [9.17, 15) is 0 Å². The number of hydrogen-bond acceptors (Lipinski definition) is 1. The van der Waals surface area contributed by atoms with E-state index in [0.717, 1.165) is 0 Å². The van der Waals surface area contributed by atoms with E-state index in [2.05, 4.69) is 6.92 Å². The van der Waals surface area contributed by atoms with Crippen molar-refractivity contribution < 1.29 is 0 Å². The van der Waals surface area contributed by atoms with Crippen LogP contribution in [0.3, 0.4) is 0 Å². The summed E-state index contributed by atoms with van der Waals surface area (Å²) in [7, 11) is 0. The van der Waals surface area contributed by atoms with Gasteiger partial charge < -0.3 is 0 Å². The fourth-order valence-electron chi connectivity index (χ4n) is 0. The highest BCUT2D eigenvalue weighted by atomic mass is 14.2. The first-order chi connectivity index (χ1) is 2.41. The van der Waals surface area contributed by atoms with Crippen molar-refractivity contribution in [1.29, 1.82) is 5.26 Å². The molecule has 1 heteroatoms. The van der Waals surface area contributed by atoms with Gasteiger partial charge in [0.25, 0.3) is 0 Å².